The molecule has 0 fully saturated rings. The van der Waals surface area contributed by atoms with Gasteiger partial charge < -0.3 is 20.1 Å². The Morgan fingerprint density at radius 1 is 1.03 bits per heavy atom. The van der Waals surface area contributed by atoms with Crippen molar-refractivity contribution in [3.63, 3.8) is 0 Å². The van der Waals surface area contributed by atoms with E-state index in [1.165, 1.54) is 12.3 Å². The fourth-order valence-electron chi connectivity index (χ4n) is 2.84. The van der Waals surface area contributed by atoms with Crippen LogP contribution in [0.25, 0.3) is 0 Å². The van der Waals surface area contributed by atoms with E-state index in [1.807, 2.05) is 68.7 Å². The van der Waals surface area contributed by atoms with Crippen molar-refractivity contribution >= 4 is 17.9 Å². The largest absolute Gasteiger partial charge is 0.507 e. The molecule has 0 aliphatic heterocycles. The third kappa shape index (κ3) is 7.17. The Kier molecular flexibility index (Phi) is 7.61. The summed E-state index contributed by atoms with van der Waals surface area (Å²) in [5.41, 5.74) is 5.70. The number of aromatic hydroxyl groups is 1. The minimum Gasteiger partial charge on any atom is -0.507 e. The summed E-state index contributed by atoms with van der Waals surface area (Å²) in [5, 5.41) is 16.8. The predicted octanol–water partition coefficient (Wildman–Crippen LogP) is 4.19. The van der Waals surface area contributed by atoms with Gasteiger partial charge in [-0.25, -0.2) is 10.2 Å². The summed E-state index contributed by atoms with van der Waals surface area (Å²) in [6, 6.07) is 21.8. The van der Waals surface area contributed by atoms with Crippen molar-refractivity contribution in [1.29, 1.82) is 0 Å². The molecule has 0 radical (unpaired) electrons. The summed E-state index contributed by atoms with van der Waals surface area (Å²) in [5.74, 6) is 0.551. The number of anilines is 1. The number of amides is 2. The van der Waals surface area contributed by atoms with Crippen molar-refractivity contribution in [3.05, 3.63) is 89.5 Å². The van der Waals surface area contributed by atoms with Gasteiger partial charge in [-0.2, -0.15) is 5.10 Å². The van der Waals surface area contributed by atoms with E-state index in [0.717, 1.165) is 17.7 Å². The van der Waals surface area contributed by atoms with E-state index in [-0.39, 0.29) is 5.75 Å². The second kappa shape index (κ2) is 10.8. The maximum Gasteiger partial charge on any atom is 0.339 e. The summed E-state index contributed by atoms with van der Waals surface area (Å²) in [6.45, 7) is 1.24. The second-order valence-electron chi connectivity index (χ2n) is 7.25. The van der Waals surface area contributed by atoms with Crippen molar-refractivity contribution in [2.24, 2.45) is 5.10 Å². The summed E-state index contributed by atoms with van der Waals surface area (Å²) in [6.07, 6.45) is 1.37. The van der Waals surface area contributed by atoms with Gasteiger partial charge in [0, 0.05) is 23.9 Å². The standard InChI is InChI=1S/C24H26N4O3/c1-28(2)16-18-8-11-21(12-9-18)26-24(30)27-25-15-20-10-13-22(14-23(20)29)31-17-19-6-4-3-5-7-19/h3-15,29H,16-17H2,1-2H3,(H2,26,27,30)/b25-15+. The Morgan fingerprint density at radius 2 is 1.77 bits per heavy atom. The molecular formula is C24H26N4O3. The van der Waals surface area contributed by atoms with Gasteiger partial charge in [0.25, 0.3) is 0 Å². The third-order valence-corrected chi connectivity index (χ3v) is 4.33. The van der Waals surface area contributed by atoms with Crippen molar-refractivity contribution in [3.8, 4) is 11.5 Å². The lowest BCUT2D eigenvalue weighted by Gasteiger charge is -2.10. The van der Waals surface area contributed by atoms with Gasteiger partial charge in [-0.05, 0) is 49.5 Å². The highest BCUT2D eigenvalue weighted by molar-refractivity contribution is 5.90. The monoisotopic (exact) mass is 418 g/mol. The van der Waals surface area contributed by atoms with Crippen LogP contribution in [-0.4, -0.2) is 36.3 Å². The van der Waals surface area contributed by atoms with Gasteiger partial charge in [-0.1, -0.05) is 42.5 Å². The number of hydrogen-bond donors (Lipinski definition) is 3. The molecule has 2 amide bonds. The van der Waals surface area contributed by atoms with Gasteiger partial charge in [0.05, 0.1) is 6.21 Å². The van der Waals surface area contributed by atoms with Crippen LogP contribution in [0.2, 0.25) is 0 Å². The van der Waals surface area contributed by atoms with Crippen molar-refractivity contribution in [2.45, 2.75) is 13.2 Å². The van der Waals surface area contributed by atoms with Gasteiger partial charge in [0.1, 0.15) is 18.1 Å². The van der Waals surface area contributed by atoms with Crippen LogP contribution in [0.3, 0.4) is 0 Å². The molecule has 0 unspecified atom stereocenters. The molecule has 7 nitrogen and oxygen atoms in total. The molecule has 0 heterocycles. The summed E-state index contributed by atoms with van der Waals surface area (Å²) in [4.78, 5) is 14.1. The lowest BCUT2D eigenvalue weighted by molar-refractivity contribution is 0.252. The minimum atomic E-state index is -0.473. The van der Waals surface area contributed by atoms with Crippen molar-refractivity contribution in [2.75, 3.05) is 19.4 Å². The number of urea groups is 1. The third-order valence-electron chi connectivity index (χ3n) is 4.33. The van der Waals surface area contributed by atoms with Crippen LogP contribution in [0.4, 0.5) is 10.5 Å². The smallest absolute Gasteiger partial charge is 0.339 e. The number of hydrazone groups is 1. The highest BCUT2D eigenvalue weighted by atomic mass is 16.5. The normalized spacial score (nSPS) is 10.9. The Morgan fingerprint density at radius 3 is 2.45 bits per heavy atom. The summed E-state index contributed by atoms with van der Waals surface area (Å²) >= 11 is 0. The van der Waals surface area contributed by atoms with Crippen LogP contribution in [0, 0.1) is 0 Å². The van der Waals surface area contributed by atoms with Crippen LogP contribution in [0.1, 0.15) is 16.7 Å². The first-order chi connectivity index (χ1) is 15.0. The Hall–Kier alpha value is -3.84. The quantitative estimate of drug-likeness (QED) is 0.378. The zero-order valence-electron chi connectivity index (χ0n) is 17.6. The van der Waals surface area contributed by atoms with Crippen LogP contribution >= 0.6 is 0 Å². The summed E-state index contributed by atoms with van der Waals surface area (Å²) in [7, 11) is 4.00. The average Bonchev–Trinajstić information content (AvgIpc) is 2.75. The molecule has 3 aromatic carbocycles. The van der Waals surface area contributed by atoms with E-state index in [1.54, 1.807) is 12.1 Å². The molecule has 31 heavy (non-hydrogen) atoms. The van der Waals surface area contributed by atoms with E-state index in [0.29, 0.717) is 23.6 Å². The fraction of sp³-hybridized carbons (Fsp3) is 0.167. The number of carbonyl (C=O) groups excluding carboxylic acids is 1. The zero-order chi connectivity index (χ0) is 22.1. The number of nitrogens with one attached hydrogen (secondary N) is 2. The predicted molar refractivity (Wildman–Crippen MR) is 122 cm³/mol. The lowest BCUT2D eigenvalue weighted by Crippen LogP contribution is -2.24. The van der Waals surface area contributed by atoms with Crippen LogP contribution in [-0.2, 0) is 13.2 Å². The zero-order valence-corrected chi connectivity index (χ0v) is 17.6. The van der Waals surface area contributed by atoms with Crippen LogP contribution < -0.4 is 15.5 Å². The molecule has 0 saturated heterocycles. The highest BCUT2D eigenvalue weighted by Gasteiger charge is 2.04. The first kappa shape index (κ1) is 21.9. The molecule has 0 aliphatic rings. The van der Waals surface area contributed by atoms with E-state index >= 15 is 0 Å². The van der Waals surface area contributed by atoms with Gasteiger partial charge in [-0.3, -0.25) is 0 Å². The molecule has 0 saturated carbocycles. The highest BCUT2D eigenvalue weighted by Crippen LogP contribution is 2.23. The maximum atomic E-state index is 12.0. The maximum absolute atomic E-state index is 12.0. The average molecular weight is 418 g/mol. The number of carbonyl (C=O) groups is 1. The van der Waals surface area contributed by atoms with E-state index < -0.39 is 6.03 Å². The number of phenols is 1. The van der Waals surface area contributed by atoms with E-state index in [9.17, 15) is 9.90 Å². The number of phenolic OH excluding ortho intramolecular Hbond substituents is 1. The number of hydrogen-bond acceptors (Lipinski definition) is 5. The van der Waals surface area contributed by atoms with Crippen LogP contribution in [0.15, 0.2) is 77.9 Å². The second-order valence-corrected chi connectivity index (χ2v) is 7.25. The molecule has 0 atom stereocenters. The molecule has 0 aliphatic carbocycles. The molecule has 3 rings (SSSR count). The Bertz CT molecular complexity index is 1020. The SMILES string of the molecule is CN(C)Cc1ccc(NC(=O)N/N=C/c2ccc(OCc3ccccc3)cc2O)cc1. The van der Waals surface area contributed by atoms with Gasteiger partial charge in [0.2, 0.25) is 0 Å². The minimum absolute atomic E-state index is 0.00741. The first-order valence-corrected chi connectivity index (χ1v) is 9.83. The number of ether oxygens (including phenoxy) is 1. The van der Waals surface area contributed by atoms with E-state index in [4.69, 9.17) is 4.74 Å². The van der Waals surface area contributed by atoms with Gasteiger partial charge in [-0.15, -0.1) is 0 Å². The molecule has 0 bridgehead atoms. The topological polar surface area (TPSA) is 86.2 Å². The van der Waals surface area contributed by atoms with Crippen molar-refractivity contribution in [1.82, 2.24) is 10.3 Å². The van der Waals surface area contributed by atoms with Crippen LogP contribution in [0.5, 0.6) is 11.5 Å². The molecule has 7 heteroatoms. The number of rotatable bonds is 8. The molecule has 0 spiro atoms. The molecule has 3 N–H and O–H groups in total. The first-order valence-electron chi connectivity index (χ1n) is 9.83. The van der Waals surface area contributed by atoms with Gasteiger partial charge in [0.15, 0.2) is 0 Å². The molecule has 160 valence electrons. The number of benzene rings is 3. The molecule has 3 aromatic rings. The van der Waals surface area contributed by atoms with Crippen molar-refractivity contribution < 1.29 is 14.6 Å². The lowest BCUT2D eigenvalue weighted by atomic mass is 10.2. The number of nitrogens with zero attached hydrogens (tertiary/aromatic N) is 2. The fourth-order valence-corrected chi connectivity index (χ4v) is 2.84. The Labute approximate surface area is 182 Å². The summed E-state index contributed by atoms with van der Waals surface area (Å²) < 4.78 is 5.68. The van der Waals surface area contributed by atoms with Gasteiger partial charge >= 0.3 is 6.03 Å². The molecule has 0 aromatic heterocycles. The van der Waals surface area contributed by atoms with E-state index in [2.05, 4.69) is 20.7 Å². The molecular weight excluding hydrogens is 392 g/mol. The Balaban J connectivity index is 1.49.